The van der Waals surface area contributed by atoms with Crippen LogP contribution in [0.3, 0.4) is 0 Å². The first-order chi connectivity index (χ1) is 3.79. The van der Waals surface area contributed by atoms with Crippen LogP contribution in [0, 0.1) is 5.25 Å². The van der Waals surface area contributed by atoms with E-state index in [1.807, 2.05) is 0 Å². The first-order valence-corrected chi connectivity index (χ1v) is 3.53. The fraction of sp³-hybridized carbons (Fsp3) is 0.800. The van der Waals surface area contributed by atoms with Crippen molar-refractivity contribution in [3.8, 4) is 0 Å². The Morgan fingerprint density at radius 3 is 2.50 bits per heavy atom. The van der Waals surface area contributed by atoms with Crippen LogP contribution in [0.4, 0.5) is 8.78 Å². The van der Waals surface area contributed by atoms with Gasteiger partial charge in [-0.2, -0.15) is 0 Å². The maximum absolute atomic E-state index is 11.4. The molecule has 0 heterocycles. The molecule has 1 aliphatic rings. The monoisotopic (exact) mass is 137 g/mol. The van der Waals surface area contributed by atoms with E-state index in [2.05, 4.69) is 0 Å². The van der Waals surface area contributed by atoms with Crippen molar-refractivity contribution < 1.29 is 8.78 Å². The van der Waals surface area contributed by atoms with E-state index in [9.17, 15) is 8.78 Å². The molecule has 0 bridgehead atoms. The van der Waals surface area contributed by atoms with Crippen molar-refractivity contribution in [2.45, 2.75) is 19.3 Å². The Bertz CT molecular complexity index is 68.8. The van der Waals surface area contributed by atoms with Crippen molar-refractivity contribution in [2.75, 3.05) is 5.75 Å². The summed E-state index contributed by atoms with van der Waals surface area (Å²) in [6.07, 6.45) is 0.00231. The lowest BCUT2D eigenvalue weighted by Crippen LogP contribution is -1.92. The fourth-order valence-corrected chi connectivity index (χ4v) is 1.13. The highest BCUT2D eigenvalue weighted by Gasteiger charge is 2.23. The van der Waals surface area contributed by atoms with Gasteiger partial charge in [0.2, 0.25) is 6.43 Å². The molecule has 3 heteroatoms. The summed E-state index contributed by atoms with van der Waals surface area (Å²) in [6.45, 7) is 0. The molecule has 8 heavy (non-hydrogen) atoms. The average Bonchev–Trinajstić information content (AvgIpc) is 2.41. The van der Waals surface area contributed by atoms with Crippen LogP contribution < -0.4 is 0 Å². The van der Waals surface area contributed by atoms with Crippen molar-refractivity contribution >= 4 is 11.8 Å². The van der Waals surface area contributed by atoms with Crippen LogP contribution in [0.15, 0.2) is 0 Å². The van der Waals surface area contributed by atoms with Crippen molar-refractivity contribution in [1.29, 1.82) is 0 Å². The predicted octanol–water partition coefficient (Wildman–Crippen LogP) is 2.31. The quantitative estimate of drug-likeness (QED) is 0.575. The topological polar surface area (TPSA) is 0 Å². The van der Waals surface area contributed by atoms with E-state index in [1.165, 1.54) is 17.0 Å². The molecule has 1 aliphatic carbocycles. The zero-order chi connectivity index (χ0) is 5.98. The predicted molar refractivity (Wildman–Crippen MR) is 30.9 cm³/mol. The molecule has 0 N–H and O–H groups in total. The lowest BCUT2D eigenvalue weighted by molar-refractivity contribution is 0.177. The average molecular weight is 137 g/mol. The molecule has 0 atom stereocenters. The SMILES string of the molecule is FC(F)CS[C]1CC1. The smallest absolute Gasteiger partial charge is 0.210 e. The van der Waals surface area contributed by atoms with E-state index in [-0.39, 0.29) is 5.75 Å². The molecule has 47 valence electrons. The van der Waals surface area contributed by atoms with Gasteiger partial charge >= 0.3 is 0 Å². The molecule has 0 unspecified atom stereocenters. The maximum atomic E-state index is 11.4. The second-order valence-corrected chi connectivity index (χ2v) is 2.94. The molecule has 1 saturated carbocycles. The molecule has 0 nitrogen and oxygen atoms in total. The Hall–Kier alpha value is 0.210. The molecule has 1 radical (unpaired) electrons. The van der Waals surface area contributed by atoms with Crippen LogP contribution in [0.2, 0.25) is 0 Å². The van der Waals surface area contributed by atoms with Crippen LogP contribution >= 0.6 is 11.8 Å². The van der Waals surface area contributed by atoms with Gasteiger partial charge in [0.15, 0.2) is 0 Å². The lowest BCUT2D eigenvalue weighted by Gasteiger charge is -1.93. The van der Waals surface area contributed by atoms with Crippen LogP contribution in [0.25, 0.3) is 0 Å². The largest absolute Gasteiger partial charge is 0.247 e. The number of halogens is 2. The first kappa shape index (κ1) is 6.33. The van der Waals surface area contributed by atoms with Crippen LogP contribution in [-0.4, -0.2) is 12.2 Å². The van der Waals surface area contributed by atoms with Gasteiger partial charge in [-0.15, -0.1) is 11.8 Å². The first-order valence-electron chi connectivity index (χ1n) is 2.54. The molecular weight excluding hydrogens is 130 g/mol. The van der Waals surface area contributed by atoms with Crippen LogP contribution in [-0.2, 0) is 0 Å². The highest BCUT2D eigenvalue weighted by atomic mass is 32.2. The zero-order valence-electron chi connectivity index (χ0n) is 4.36. The molecule has 0 aromatic carbocycles. The van der Waals surface area contributed by atoms with Crippen LogP contribution in [0.5, 0.6) is 0 Å². The summed E-state index contributed by atoms with van der Waals surface area (Å²) in [5.41, 5.74) is 0. The van der Waals surface area contributed by atoms with Gasteiger partial charge in [0.1, 0.15) is 0 Å². The molecular formula is C5H7F2S. The van der Waals surface area contributed by atoms with Gasteiger partial charge in [0.05, 0.1) is 5.75 Å². The summed E-state index contributed by atoms with van der Waals surface area (Å²) in [5, 5.41) is 1.24. The third kappa shape index (κ3) is 2.50. The van der Waals surface area contributed by atoms with Crippen molar-refractivity contribution in [3.63, 3.8) is 0 Å². The third-order valence-electron chi connectivity index (χ3n) is 0.868. The molecule has 0 aromatic rings. The van der Waals surface area contributed by atoms with E-state index in [1.54, 1.807) is 0 Å². The van der Waals surface area contributed by atoms with E-state index in [4.69, 9.17) is 0 Å². The Morgan fingerprint density at radius 1 is 1.50 bits per heavy atom. The molecule has 0 amide bonds. The molecule has 1 rings (SSSR count). The highest BCUT2D eigenvalue weighted by Crippen LogP contribution is 2.43. The van der Waals surface area contributed by atoms with Gasteiger partial charge in [0, 0.05) is 5.25 Å². The Kier molecular flexibility index (Phi) is 2.11. The summed E-state index contributed by atoms with van der Waals surface area (Å²) in [4.78, 5) is 0. The molecule has 0 saturated heterocycles. The molecule has 0 aliphatic heterocycles. The zero-order valence-corrected chi connectivity index (χ0v) is 5.18. The van der Waals surface area contributed by atoms with Gasteiger partial charge in [0.25, 0.3) is 0 Å². The van der Waals surface area contributed by atoms with Gasteiger partial charge in [-0.1, -0.05) is 0 Å². The molecule has 0 aromatic heterocycles. The van der Waals surface area contributed by atoms with E-state index >= 15 is 0 Å². The fourth-order valence-electron chi connectivity index (χ4n) is 0.376. The number of thioether (sulfide) groups is 1. The highest BCUT2D eigenvalue weighted by molar-refractivity contribution is 8.02. The summed E-state index contributed by atoms with van der Waals surface area (Å²) in [7, 11) is 0. The van der Waals surface area contributed by atoms with Gasteiger partial charge in [-0.3, -0.25) is 0 Å². The normalized spacial score (nSPS) is 19.9. The number of hydrogen-bond donors (Lipinski definition) is 0. The number of hydrogen-bond acceptors (Lipinski definition) is 1. The summed E-state index contributed by atoms with van der Waals surface area (Å²) < 4.78 is 22.8. The maximum Gasteiger partial charge on any atom is 0.247 e. The van der Waals surface area contributed by atoms with Gasteiger partial charge in [-0.05, 0) is 12.8 Å². The summed E-state index contributed by atoms with van der Waals surface area (Å²) >= 11 is 1.32. The minimum atomic E-state index is -2.13. The van der Waals surface area contributed by atoms with Gasteiger partial charge in [-0.25, -0.2) is 8.78 Å². The minimum Gasteiger partial charge on any atom is -0.210 e. The lowest BCUT2D eigenvalue weighted by atomic mass is 10.9. The molecule has 0 spiro atoms. The van der Waals surface area contributed by atoms with E-state index in [0.717, 1.165) is 12.8 Å². The van der Waals surface area contributed by atoms with Crippen molar-refractivity contribution in [3.05, 3.63) is 5.25 Å². The number of alkyl halides is 2. The van der Waals surface area contributed by atoms with Gasteiger partial charge < -0.3 is 0 Å². The van der Waals surface area contributed by atoms with Crippen LogP contribution in [0.1, 0.15) is 12.8 Å². The third-order valence-corrected chi connectivity index (χ3v) is 2.10. The molecule has 1 fully saturated rings. The second kappa shape index (κ2) is 2.67. The van der Waals surface area contributed by atoms with E-state index in [0.29, 0.717) is 0 Å². The standard InChI is InChI=1S/C5H7F2S/c6-5(7)3-8-4-1-2-4/h5H,1-3H2. The van der Waals surface area contributed by atoms with Crippen molar-refractivity contribution in [2.24, 2.45) is 0 Å². The van der Waals surface area contributed by atoms with Crippen molar-refractivity contribution in [1.82, 2.24) is 0 Å². The Labute approximate surface area is 51.6 Å². The number of rotatable bonds is 3. The van der Waals surface area contributed by atoms with E-state index < -0.39 is 6.43 Å². The Balaban J connectivity index is 1.87. The Morgan fingerprint density at radius 2 is 2.12 bits per heavy atom. The summed E-state index contributed by atoms with van der Waals surface area (Å²) in [6, 6.07) is 0. The summed E-state index contributed by atoms with van der Waals surface area (Å²) in [5.74, 6) is -0.00463. The second-order valence-electron chi connectivity index (χ2n) is 1.74. The minimum absolute atomic E-state index is 0.00463.